The van der Waals surface area contributed by atoms with Crippen molar-refractivity contribution in [3.63, 3.8) is 0 Å². The van der Waals surface area contributed by atoms with Crippen molar-refractivity contribution in [3.8, 4) is 11.3 Å². The maximum absolute atomic E-state index is 10.9. The number of rotatable bonds is 2. The third-order valence-electron chi connectivity index (χ3n) is 2.06. The van der Waals surface area contributed by atoms with Crippen LogP contribution in [0.5, 0.6) is 0 Å². The van der Waals surface area contributed by atoms with Crippen molar-refractivity contribution in [1.29, 1.82) is 0 Å². The molecule has 0 spiro atoms. The molecule has 0 unspecified atom stereocenters. The van der Waals surface area contributed by atoms with Gasteiger partial charge in [0.1, 0.15) is 0 Å². The summed E-state index contributed by atoms with van der Waals surface area (Å²) in [7, 11) is 0. The van der Waals surface area contributed by atoms with E-state index < -0.39 is 5.97 Å². The van der Waals surface area contributed by atoms with Crippen molar-refractivity contribution in [2.24, 2.45) is 0 Å². The van der Waals surface area contributed by atoms with Gasteiger partial charge < -0.3 is 5.11 Å². The standard InChI is InChI=1S/C11H7ClN2O2/c12-9-6-14-10(5-8(9)11(15)16)7-1-3-13-4-2-7/h1-6H,(H,15,16). The summed E-state index contributed by atoms with van der Waals surface area (Å²) in [6, 6.07) is 4.95. The van der Waals surface area contributed by atoms with Crippen LogP contribution < -0.4 is 0 Å². The molecule has 0 atom stereocenters. The van der Waals surface area contributed by atoms with E-state index in [1.807, 2.05) is 0 Å². The van der Waals surface area contributed by atoms with Crippen LogP contribution in [0.1, 0.15) is 10.4 Å². The zero-order chi connectivity index (χ0) is 11.5. The Kier molecular flexibility index (Phi) is 2.83. The highest BCUT2D eigenvalue weighted by Gasteiger charge is 2.11. The number of nitrogens with zero attached hydrogens (tertiary/aromatic N) is 2. The number of carbonyl (C=O) groups is 1. The Morgan fingerprint density at radius 1 is 1.31 bits per heavy atom. The zero-order valence-corrected chi connectivity index (χ0v) is 8.85. The third-order valence-corrected chi connectivity index (χ3v) is 2.36. The Bertz CT molecular complexity index is 529. The normalized spacial score (nSPS) is 10.1. The first-order chi connectivity index (χ1) is 7.68. The summed E-state index contributed by atoms with van der Waals surface area (Å²) in [6.45, 7) is 0. The summed E-state index contributed by atoms with van der Waals surface area (Å²) in [4.78, 5) is 18.8. The lowest BCUT2D eigenvalue weighted by molar-refractivity contribution is 0.0697. The molecule has 0 amide bonds. The molecule has 0 aliphatic carbocycles. The molecule has 5 heteroatoms. The van der Waals surface area contributed by atoms with Gasteiger partial charge in [-0.25, -0.2) is 4.79 Å². The Morgan fingerprint density at radius 3 is 2.62 bits per heavy atom. The number of hydrogen-bond acceptors (Lipinski definition) is 3. The van der Waals surface area contributed by atoms with Crippen LogP contribution in [0.4, 0.5) is 0 Å². The minimum Gasteiger partial charge on any atom is -0.478 e. The molecule has 16 heavy (non-hydrogen) atoms. The lowest BCUT2D eigenvalue weighted by atomic mass is 10.1. The Morgan fingerprint density at radius 2 is 2.00 bits per heavy atom. The highest BCUT2D eigenvalue weighted by atomic mass is 35.5. The molecule has 0 aliphatic heterocycles. The van der Waals surface area contributed by atoms with E-state index in [4.69, 9.17) is 16.7 Å². The molecular formula is C11H7ClN2O2. The van der Waals surface area contributed by atoms with Crippen molar-refractivity contribution in [2.45, 2.75) is 0 Å². The maximum atomic E-state index is 10.9. The van der Waals surface area contributed by atoms with Crippen LogP contribution in [0.15, 0.2) is 36.8 Å². The lowest BCUT2D eigenvalue weighted by Gasteiger charge is -2.03. The third kappa shape index (κ3) is 2.01. The van der Waals surface area contributed by atoms with Crippen LogP contribution in [-0.2, 0) is 0 Å². The fourth-order valence-electron chi connectivity index (χ4n) is 1.28. The number of aromatic carboxylic acids is 1. The number of aromatic nitrogens is 2. The first-order valence-electron chi connectivity index (χ1n) is 4.47. The summed E-state index contributed by atoms with van der Waals surface area (Å²) in [5, 5.41) is 9.04. The van der Waals surface area contributed by atoms with Gasteiger partial charge in [0.05, 0.1) is 16.3 Å². The molecule has 0 radical (unpaired) electrons. The molecule has 2 heterocycles. The quantitative estimate of drug-likeness (QED) is 0.867. The van der Waals surface area contributed by atoms with Crippen molar-refractivity contribution in [1.82, 2.24) is 9.97 Å². The van der Waals surface area contributed by atoms with Gasteiger partial charge in [-0.1, -0.05) is 11.6 Å². The van der Waals surface area contributed by atoms with E-state index in [0.29, 0.717) is 5.69 Å². The number of halogens is 1. The number of pyridine rings is 2. The Balaban J connectivity index is 2.52. The Labute approximate surface area is 96.6 Å². The first kappa shape index (κ1) is 10.6. The summed E-state index contributed by atoms with van der Waals surface area (Å²) in [6.07, 6.45) is 4.57. The van der Waals surface area contributed by atoms with Crippen LogP contribution in [0, 0.1) is 0 Å². The van der Waals surface area contributed by atoms with Crippen molar-refractivity contribution in [3.05, 3.63) is 47.4 Å². The molecule has 4 nitrogen and oxygen atoms in total. The summed E-state index contributed by atoms with van der Waals surface area (Å²) in [5.41, 5.74) is 1.40. The van der Waals surface area contributed by atoms with Gasteiger partial charge in [0.2, 0.25) is 0 Å². The molecule has 0 aromatic carbocycles. The second-order valence-electron chi connectivity index (χ2n) is 3.09. The molecular weight excluding hydrogens is 228 g/mol. The summed E-state index contributed by atoms with van der Waals surface area (Å²) < 4.78 is 0. The predicted octanol–water partition coefficient (Wildman–Crippen LogP) is 2.50. The van der Waals surface area contributed by atoms with Gasteiger partial charge in [-0.15, -0.1) is 0 Å². The van der Waals surface area contributed by atoms with Crippen LogP contribution in [0.25, 0.3) is 11.3 Å². The highest BCUT2D eigenvalue weighted by Crippen LogP contribution is 2.21. The molecule has 0 fully saturated rings. The SMILES string of the molecule is O=C(O)c1cc(-c2ccncc2)ncc1Cl. The molecule has 0 bridgehead atoms. The van der Waals surface area contributed by atoms with E-state index in [-0.39, 0.29) is 10.6 Å². The molecule has 0 saturated carbocycles. The van der Waals surface area contributed by atoms with Gasteiger partial charge >= 0.3 is 5.97 Å². The molecule has 1 N–H and O–H groups in total. The van der Waals surface area contributed by atoms with Crippen LogP contribution in [0.2, 0.25) is 5.02 Å². The number of carboxylic acid groups (broad SMARTS) is 1. The summed E-state index contributed by atoms with van der Waals surface area (Å²) >= 11 is 5.72. The second-order valence-corrected chi connectivity index (χ2v) is 3.50. The van der Waals surface area contributed by atoms with E-state index >= 15 is 0 Å². The van der Waals surface area contributed by atoms with E-state index in [2.05, 4.69) is 9.97 Å². The topological polar surface area (TPSA) is 63.1 Å². The van der Waals surface area contributed by atoms with Crippen LogP contribution in [-0.4, -0.2) is 21.0 Å². The van der Waals surface area contributed by atoms with Gasteiger partial charge in [-0.2, -0.15) is 0 Å². The van der Waals surface area contributed by atoms with Gasteiger partial charge in [0, 0.05) is 24.2 Å². The minimum atomic E-state index is -1.07. The minimum absolute atomic E-state index is 0.0449. The van der Waals surface area contributed by atoms with Gasteiger partial charge in [-0.3, -0.25) is 9.97 Å². The van der Waals surface area contributed by atoms with Gasteiger partial charge in [0.25, 0.3) is 0 Å². The van der Waals surface area contributed by atoms with Crippen LogP contribution in [0.3, 0.4) is 0 Å². The molecule has 0 saturated heterocycles. The summed E-state index contributed by atoms with van der Waals surface area (Å²) in [5.74, 6) is -1.07. The number of carboxylic acids is 1. The Hall–Kier alpha value is -1.94. The average Bonchev–Trinajstić information content (AvgIpc) is 2.30. The van der Waals surface area contributed by atoms with Gasteiger partial charge in [-0.05, 0) is 18.2 Å². The van der Waals surface area contributed by atoms with E-state index in [9.17, 15) is 4.79 Å². The molecule has 2 rings (SSSR count). The van der Waals surface area contributed by atoms with E-state index in [1.54, 1.807) is 24.5 Å². The average molecular weight is 235 g/mol. The lowest BCUT2D eigenvalue weighted by Crippen LogP contribution is -1.99. The fourth-order valence-corrected chi connectivity index (χ4v) is 1.47. The zero-order valence-electron chi connectivity index (χ0n) is 8.09. The van der Waals surface area contributed by atoms with E-state index in [0.717, 1.165) is 5.56 Å². The molecule has 2 aromatic rings. The van der Waals surface area contributed by atoms with Crippen LogP contribution >= 0.6 is 11.6 Å². The van der Waals surface area contributed by atoms with Gasteiger partial charge in [0.15, 0.2) is 0 Å². The second kappa shape index (κ2) is 4.28. The smallest absolute Gasteiger partial charge is 0.337 e. The molecule has 2 aromatic heterocycles. The molecule has 80 valence electrons. The maximum Gasteiger partial charge on any atom is 0.337 e. The molecule has 0 aliphatic rings. The van der Waals surface area contributed by atoms with Crippen molar-refractivity contribution in [2.75, 3.05) is 0 Å². The van der Waals surface area contributed by atoms with E-state index in [1.165, 1.54) is 12.3 Å². The predicted molar refractivity (Wildman–Crippen MR) is 59.4 cm³/mol. The van der Waals surface area contributed by atoms with Crippen molar-refractivity contribution >= 4 is 17.6 Å². The first-order valence-corrected chi connectivity index (χ1v) is 4.85. The number of hydrogen-bond donors (Lipinski definition) is 1. The van der Waals surface area contributed by atoms with Crippen molar-refractivity contribution < 1.29 is 9.90 Å². The highest BCUT2D eigenvalue weighted by molar-refractivity contribution is 6.33. The monoisotopic (exact) mass is 234 g/mol. The fraction of sp³-hybridized carbons (Fsp3) is 0. The largest absolute Gasteiger partial charge is 0.478 e.